The van der Waals surface area contributed by atoms with E-state index in [1.807, 2.05) is 11.8 Å². The molecular weight excluding hydrogens is 236 g/mol. The molecule has 0 radical (unpaired) electrons. The van der Waals surface area contributed by atoms with Crippen LogP contribution in [0.15, 0.2) is 0 Å². The van der Waals surface area contributed by atoms with Gasteiger partial charge in [0.2, 0.25) is 5.91 Å². The smallest absolute Gasteiger partial charge is 0.235 e. The lowest BCUT2D eigenvalue weighted by atomic mass is 9.61. The lowest BCUT2D eigenvalue weighted by Crippen LogP contribution is -2.59. The molecule has 17 heavy (non-hydrogen) atoms. The molecule has 1 unspecified atom stereocenters. The summed E-state index contributed by atoms with van der Waals surface area (Å²) in [5.41, 5.74) is 5.23. The van der Waals surface area contributed by atoms with E-state index in [9.17, 15) is 4.79 Å². The van der Waals surface area contributed by atoms with Crippen molar-refractivity contribution in [3.8, 4) is 0 Å². The van der Waals surface area contributed by atoms with Crippen LogP contribution in [-0.4, -0.2) is 41.6 Å². The van der Waals surface area contributed by atoms with E-state index >= 15 is 0 Å². The molecule has 0 aromatic heterocycles. The number of carbonyl (C=O) groups excluding carboxylic acids is 1. The summed E-state index contributed by atoms with van der Waals surface area (Å²) >= 11 is 5.11. The molecule has 1 amide bonds. The molecule has 0 aromatic carbocycles. The lowest BCUT2D eigenvalue weighted by molar-refractivity contribution is -0.151. The standard InChI is InChI=1S/C12H20N2O2S/c1-8-5-12(6-8,10(13)17)11(15)14-3-4-16-9(2)7-14/h8-9H,3-7H2,1-2H3,(H2,13,17). The van der Waals surface area contributed by atoms with E-state index in [1.165, 1.54) is 0 Å². The lowest BCUT2D eigenvalue weighted by Gasteiger charge is -2.47. The molecule has 1 aliphatic carbocycles. The highest BCUT2D eigenvalue weighted by Crippen LogP contribution is 2.47. The Morgan fingerprint density at radius 2 is 2.12 bits per heavy atom. The monoisotopic (exact) mass is 256 g/mol. The fourth-order valence-corrected chi connectivity index (χ4v) is 3.17. The molecule has 2 N–H and O–H groups in total. The molecule has 1 aliphatic heterocycles. The number of thiocarbonyl (C=S) groups is 1. The van der Waals surface area contributed by atoms with Gasteiger partial charge in [0.25, 0.3) is 0 Å². The van der Waals surface area contributed by atoms with Crippen molar-refractivity contribution in [1.29, 1.82) is 0 Å². The number of morpholine rings is 1. The molecule has 4 nitrogen and oxygen atoms in total. The van der Waals surface area contributed by atoms with Gasteiger partial charge in [-0.15, -0.1) is 0 Å². The first kappa shape index (κ1) is 12.8. The molecule has 2 rings (SSSR count). The summed E-state index contributed by atoms with van der Waals surface area (Å²) in [4.78, 5) is 14.8. The average molecular weight is 256 g/mol. The Kier molecular flexibility index (Phi) is 3.41. The van der Waals surface area contributed by atoms with E-state index in [4.69, 9.17) is 22.7 Å². The second kappa shape index (κ2) is 4.53. The summed E-state index contributed by atoms with van der Waals surface area (Å²) in [5, 5.41) is 0. The van der Waals surface area contributed by atoms with Crippen molar-refractivity contribution in [2.45, 2.75) is 32.8 Å². The van der Waals surface area contributed by atoms with Crippen molar-refractivity contribution in [2.75, 3.05) is 19.7 Å². The zero-order chi connectivity index (χ0) is 12.6. The number of nitrogens with zero attached hydrogens (tertiary/aromatic N) is 1. The number of amides is 1. The highest BCUT2D eigenvalue weighted by Gasteiger charge is 2.52. The Labute approximate surface area is 107 Å². The minimum absolute atomic E-state index is 0.105. The summed E-state index contributed by atoms with van der Waals surface area (Å²) in [6.07, 6.45) is 1.70. The van der Waals surface area contributed by atoms with Gasteiger partial charge < -0.3 is 15.4 Å². The molecule has 5 heteroatoms. The molecule has 1 saturated carbocycles. The Balaban J connectivity index is 2.09. The molecule has 1 heterocycles. The third-order valence-electron chi connectivity index (χ3n) is 3.80. The highest BCUT2D eigenvalue weighted by atomic mass is 32.1. The van der Waals surface area contributed by atoms with Gasteiger partial charge in [-0.05, 0) is 25.7 Å². The largest absolute Gasteiger partial charge is 0.392 e. The van der Waals surface area contributed by atoms with Crippen LogP contribution in [0, 0.1) is 11.3 Å². The van der Waals surface area contributed by atoms with Crippen LogP contribution in [0.5, 0.6) is 0 Å². The van der Waals surface area contributed by atoms with Crippen LogP contribution in [0.3, 0.4) is 0 Å². The molecule has 2 aliphatic rings. The normalized spacial score (nSPS) is 37.4. The SMILES string of the molecule is CC1CC(C(=O)N2CCOC(C)C2)(C(N)=S)C1. The van der Waals surface area contributed by atoms with Crippen molar-refractivity contribution >= 4 is 23.1 Å². The number of ether oxygens (including phenoxy) is 1. The van der Waals surface area contributed by atoms with Crippen molar-refractivity contribution in [3.05, 3.63) is 0 Å². The third kappa shape index (κ3) is 2.18. The highest BCUT2D eigenvalue weighted by molar-refractivity contribution is 7.80. The number of carbonyl (C=O) groups is 1. The van der Waals surface area contributed by atoms with E-state index in [0.717, 1.165) is 12.8 Å². The quantitative estimate of drug-likeness (QED) is 0.747. The third-order valence-corrected chi connectivity index (χ3v) is 4.19. The maximum atomic E-state index is 12.5. The van der Waals surface area contributed by atoms with Crippen LogP contribution in [0.4, 0.5) is 0 Å². The first-order chi connectivity index (χ1) is 7.95. The zero-order valence-electron chi connectivity index (χ0n) is 10.4. The summed E-state index contributed by atoms with van der Waals surface area (Å²) in [6.45, 7) is 6.03. The van der Waals surface area contributed by atoms with Crippen molar-refractivity contribution < 1.29 is 9.53 Å². The van der Waals surface area contributed by atoms with Crippen LogP contribution >= 0.6 is 12.2 Å². The molecule has 1 atom stereocenters. The van der Waals surface area contributed by atoms with Gasteiger partial charge in [0.05, 0.1) is 23.1 Å². The van der Waals surface area contributed by atoms with Crippen LogP contribution in [-0.2, 0) is 9.53 Å². The average Bonchev–Trinajstić information content (AvgIpc) is 2.23. The summed E-state index contributed by atoms with van der Waals surface area (Å²) < 4.78 is 5.45. The predicted octanol–water partition coefficient (Wildman–Crippen LogP) is 0.936. The van der Waals surface area contributed by atoms with Gasteiger partial charge in [0.1, 0.15) is 0 Å². The van der Waals surface area contributed by atoms with E-state index in [2.05, 4.69) is 6.92 Å². The number of hydrogen-bond donors (Lipinski definition) is 1. The molecular formula is C12H20N2O2S. The topological polar surface area (TPSA) is 55.6 Å². The molecule has 96 valence electrons. The summed E-state index contributed by atoms with van der Waals surface area (Å²) in [7, 11) is 0. The zero-order valence-corrected chi connectivity index (χ0v) is 11.3. The Bertz CT molecular complexity index is 339. The molecule has 2 fully saturated rings. The first-order valence-corrected chi connectivity index (χ1v) is 6.57. The van der Waals surface area contributed by atoms with Gasteiger partial charge in [-0.1, -0.05) is 19.1 Å². The Hall–Kier alpha value is -0.680. The van der Waals surface area contributed by atoms with E-state index in [1.54, 1.807) is 0 Å². The van der Waals surface area contributed by atoms with E-state index in [0.29, 0.717) is 30.6 Å². The van der Waals surface area contributed by atoms with Crippen LogP contribution in [0.1, 0.15) is 26.7 Å². The predicted molar refractivity (Wildman–Crippen MR) is 69.6 cm³/mol. The maximum absolute atomic E-state index is 12.5. The van der Waals surface area contributed by atoms with Crippen molar-refractivity contribution in [2.24, 2.45) is 17.1 Å². The fourth-order valence-electron chi connectivity index (χ4n) is 2.92. The van der Waals surface area contributed by atoms with E-state index < -0.39 is 5.41 Å². The van der Waals surface area contributed by atoms with Crippen LogP contribution in [0.25, 0.3) is 0 Å². The molecule has 0 spiro atoms. The second-order valence-electron chi connectivity index (χ2n) is 5.39. The van der Waals surface area contributed by atoms with E-state index in [-0.39, 0.29) is 12.0 Å². The number of rotatable bonds is 2. The van der Waals surface area contributed by atoms with Gasteiger partial charge >= 0.3 is 0 Å². The van der Waals surface area contributed by atoms with Gasteiger partial charge in [-0.25, -0.2) is 0 Å². The van der Waals surface area contributed by atoms with Gasteiger partial charge in [0.15, 0.2) is 0 Å². The maximum Gasteiger partial charge on any atom is 0.235 e. The number of hydrogen-bond acceptors (Lipinski definition) is 3. The van der Waals surface area contributed by atoms with Crippen molar-refractivity contribution in [1.82, 2.24) is 4.90 Å². The van der Waals surface area contributed by atoms with Gasteiger partial charge in [0, 0.05) is 13.1 Å². The minimum atomic E-state index is -0.564. The summed E-state index contributed by atoms with van der Waals surface area (Å²) in [6, 6.07) is 0. The molecule has 0 bridgehead atoms. The van der Waals surface area contributed by atoms with Gasteiger partial charge in [-0.2, -0.15) is 0 Å². The molecule has 0 aromatic rings. The first-order valence-electron chi connectivity index (χ1n) is 6.16. The number of nitrogens with two attached hydrogens (primary N) is 1. The minimum Gasteiger partial charge on any atom is -0.392 e. The molecule has 1 saturated heterocycles. The van der Waals surface area contributed by atoms with Crippen LogP contribution < -0.4 is 5.73 Å². The van der Waals surface area contributed by atoms with Crippen LogP contribution in [0.2, 0.25) is 0 Å². The summed E-state index contributed by atoms with van der Waals surface area (Å²) in [5.74, 6) is 0.650. The van der Waals surface area contributed by atoms with Gasteiger partial charge in [-0.3, -0.25) is 4.79 Å². The second-order valence-corrected chi connectivity index (χ2v) is 5.83. The Morgan fingerprint density at radius 3 is 2.59 bits per heavy atom. The fraction of sp³-hybridized carbons (Fsp3) is 0.833. The Morgan fingerprint density at radius 1 is 1.47 bits per heavy atom. The van der Waals surface area contributed by atoms with Crippen molar-refractivity contribution in [3.63, 3.8) is 0 Å².